The van der Waals surface area contributed by atoms with Gasteiger partial charge < -0.3 is 14.4 Å². The Labute approximate surface area is 164 Å². The molecule has 2 aromatic rings. The van der Waals surface area contributed by atoms with Gasteiger partial charge in [0.2, 0.25) is 0 Å². The van der Waals surface area contributed by atoms with Gasteiger partial charge in [-0.15, -0.1) is 24.8 Å². The monoisotopic (exact) mass is 411 g/mol. The fraction of sp³-hybridized carbons (Fsp3) is 0.438. The molecule has 8 heteroatoms. The van der Waals surface area contributed by atoms with E-state index in [-0.39, 0.29) is 35.6 Å². The molecule has 0 bridgehead atoms. The molecule has 1 aromatic heterocycles. The highest BCUT2D eigenvalue weighted by Gasteiger charge is 2.27. The van der Waals surface area contributed by atoms with Crippen LogP contribution in [0.1, 0.15) is 20.8 Å². The van der Waals surface area contributed by atoms with Gasteiger partial charge in [-0.2, -0.15) is 0 Å². The van der Waals surface area contributed by atoms with E-state index in [9.17, 15) is 4.55 Å². The van der Waals surface area contributed by atoms with Crippen molar-refractivity contribution in [1.29, 1.82) is 0 Å². The maximum atomic E-state index is 12.9. The molecule has 24 heavy (non-hydrogen) atoms. The molecule has 1 N–H and O–H groups in total. The summed E-state index contributed by atoms with van der Waals surface area (Å²) in [6, 6.07) is 7.22. The zero-order valence-electron chi connectivity index (χ0n) is 13.9. The first-order valence-corrected chi connectivity index (χ1v) is 8.81. The molecular weight excluding hydrogens is 389 g/mol. The van der Waals surface area contributed by atoms with E-state index in [0.29, 0.717) is 18.1 Å². The van der Waals surface area contributed by atoms with Crippen molar-refractivity contribution in [2.24, 2.45) is 0 Å². The fourth-order valence-electron chi connectivity index (χ4n) is 2.02. The third-order valence-electron chi connectivity index (χ3n) is 3.18. The van der Waals surface area contributed by atoms with E-state index in [2.05, 4.69) is 31.1 Å². The van der Waals surface area contributed by atoms with Crippen LogP contribution >= 0.6 is 36.4 Å². The van der Waals surface area contributed by atoms with E-state index in [1.807, 2.05) is 22.9 Å². The van der Waals surface area contributed by atoms with Crippen molar-refractivity contribution in [2.45, 2.75) is 43.0 Å². The summed E-state index contributed by atoms with van der Waals surface area (Å²) in [4.78, 5) is 4.85. The first kappa shape index (κ1) is 23.6. The van der Waals surface area contributed by atoms with Crippen LogP contribution in [0.5, 0.6) is 0 Å². The van der Waals surface area contributed by atoms with Crippen LogP contribution in [-0.4, -0.2) is 31.4 Å². The highest BCUT2D eigenvalue weighted by molar-refractivity contribution is 7.92. The van der Waals surface area contributed by atoms with Gasteiger partial charge in [-0.25, -0.2) is 4.98 Å². The molecule has 0 radical (unpaired) electrons. The summed E-state index contributed by atoms with van der Waals surface area (Å²) in [6.07, 6.45) is 5.38. The first-order chi connectivity index (χ1) is 10.3. The largest absolute Gasteiger partial charge is 0.611 e. The van der Waals surface area contributed by atoms with Gasteiger partial charge in [0.1, 0.15) is 0 Å². The van der Waals surface area contributed by atoms with Gasteiger partial charge in [-0.1, -0.05) is 11.6 Å². The van der Waals surface area contributed by atoms with Crippen LogP contribution in [0.15, 0.2) is 47.9 Å². The molecule has 0 saturated heterocycles. The summed E-state index contributed by atoms with van der Waals surface area (Å²) in [7, 11) is 0. The predicted molar refractivity (Wildman–Crippen MR) is 106 cm³/mol. The second-order valence-electron chi connectivity index (χ2n) is 6.26. The molecule has 4 nitrogen and oxygen atoms in total. The normalized spacial score (nSPS) is 13.5. The lowest BCUT2D eigenvalue weighted by Gasteiger charge is -2.27. The van der Waals surface area contributed by atoms with E-state index in [1.54, 1.807) is 24.7 Å². The minimum Gasteiger partial charge on any atom is -0.611 e. The predicted octanol–water partition coefficient (Wildman–Crippen LogP) is 3.94. The highest BCUT2D eigenvalue weighted by atomic mass is 35.5. The molecule has 0 aliphatic carbocycles. The SMILES string of the molecule is CC(C)(C)NCC(Cn1ccnc1)[S+]([O-])c1ccc(Cl)cc1.Cl.Cl. The van der Waals surface area contributed by atoms with E-state index in [0.717, 1.165) is 4.90 Å². The van der Waals surface area contributed by atoms with Crippen LogP contribution in [0.25, 0.3) is 0 Å². The Morgan fingerprint density at radius 2 is 1.88 bits per heavy atom. The molecule has 1 heterocycles. The van der Waals surface area contributed by atoms with Crippen LogP contribution in [0.4, 0.5) is 0 Å². The van der Waals surface area contributed by atoms with Crippen molar-refractivity contribution < 1.29 is 4.55 Å². The highest BCUT2D eigenvalue weighted by Crippen LogP contribution is 2.20. The number of hydrogen-bond acceptors (Lipinski definition) is 3. The second-order valence-corrected chi connectivity index (χ2v) is 8.43. The van der Waals surface area contributed by atoms with Gasteiger partial charge in [0, 0.05) is 29.5 Å². The van der Waals surface area contributed by atoms with Crippen molar-refractivity contribution in [3.05, 3.63) is 48.0 Å². The van der Waals surface area contributed by atoms with Gasteiger partial charge in [0.05, 0.1) is 12.9 Å². The lowest BCUT2D eigenvalue weighted by molar-refractivity contribution is 0.411. The molecule has 0 amide bonds. The van der Waals surface area contributed by atoms with Crippen molar-refractivity contribution >= 4 is 47.6 Å². The van der Waals surface area contributed by atoms with Crippen LogP contribution in [0.2, 0.25) is 5.02 Å². The third-order valence-corrected chi connectivity index (χ3v) is 5.09. The Bertz CT molecular complexity index is 573. The zero-order valence-corrected chi connectivity index (χ0v) is 17.1. The van der Waals surface area contributed by atoms with E-state index >= 15 is 0 Å². The van der Waals surface area contributed by atoms with Gasteiger partial charge >= 0.3 is 0 Å². The van der Waals surface area contributed by atoms with Crippen LogP contribution in [0, 0.1) is 0 Å². The standard InChI is InChI=1S/C16H22ClN3OS.2ClH/c1-16(2,3)19-10-15(11-20-9-8-18-12-20)22(21)14-6-4-13(17)5-7-14;;/h4-9,12,15,19H,10-11H2,1-3H3;2*1H. The first-order valence-electron chi connectivity index (χ1n) is 7.22. The van der Waals surface area contributed by atoms with Gasteiger partial charge in [0.25, 0.3) is 0 Å². The molecule has 0 aliphatic rings. The molecule has 0 spiro atoms. The zero-order chi connectivity index (χ0) is 16.2. The van der Waals surface area contributed by atoms with E-state index < -0.39 is 11.2 Å². The fourth-order valence-corrected chi connectivity index (χ4v) is 3.48. The summed E-state index contributed by atoms with van der Waals surface area (Å²) in [6.45, 7) is 7.63. The average Bonchev–Trinajstić information content (AvgIpc) is 2.95. The molecule has 0 saturated carbocycles. The Morgan fingerprint density at radius 3 is 2.38 bits per heavy atom. The Hall–Kier alpha value is -0.430. The second kappa shape index (κ2) is 10.5. The lowest BCUT2D eigenvalue weighted by Crippen LogP contribution is -2.44. The molecule has 0 aliphatic heterocycles. The number of halogens is 3. The van der Waals surface area contributed by atoms with Crippen LogP contribution in [0.3, 0.4) is 0 Å². The van der Waals surface area contributed by atoms with Gasteiger partial charge in [-0.3, -0.25) is 0 Å². The van der Waals surface area contributed by atoms with Crippen molar-refractivity contribution in [3.63, 3.8) is 0 Å². The lowest BCUT2D eigenvalue weighted by atomic mass is 10.1. The number of nitrogens with zero attached hydrogens (tertiary/aromatic N) is 2. The van der Waals surface area contributed by atoms with Crippen LogP contribution < -0.4 is 5.32 Å². The third kappa shape index (κ3) is 7.64. The maximum Gasteiger partial charge on any atom is 0.153 e. The summed E-state index contributed by atoms with van der Waals surface area (Å²) >= 11 is 4.79. The number of rotatable bonds is 6. The summed E-state index contributed by atoms with van der Waals surface area (Å²) < 4.78 is 14.9. The van der Waals surface area contributed by atoms with E-state index in [4.69, 9.17) is 11.6 Å². The Balaban J connectivity index is 0.00000264. The average molecular weight is 413 g/mol. The van der Waals surface area contributed by atoms with Gasteiger partial charge in [0.15, 0.2) is 10.1 Å². The Morgan fingerprint density at radius 1 is 1.25 bits per heavy atom. The van der Waals surface area contributed by atoms with Crippen molar-refractivity contribution in [3.8, 4) is 0 Å². The van der Waals surface area contributed by atoms with Crippen molar-refractivity contribution in [1.82, 2.24) is 14.9 Å². The number of aromatic nitrogens is 2. The number of nitrogens with one attached hydrogen (secondary N) is 1. The molecule has 2 unspecified atom stereocenters. The maximum absolute atomic E-state index is 12.9. The smallest absolute Gasteiger partial charge is 0.153 e. The minimum absolute atomic E-state index is 0. The van der Waals surface area contributed by atoms with Crippen LogP contribution in [-0.2, 0) is 17.7 Å². The molecule has 1 aromatic carbocycles. The molecule has 2 atom stereocenters. The Kier molecular flexibility index (Phi) is 10.3. The summed E-state index contributed by atoms with van der Waals surface area (Å²) in [5.41, 5.74) is -0.0165. The molecule has 2 rings (SSSR count). The number of imidazole rings is 1. The summed E-state index contributed by atoms with van der Waals surface area (Å²) in [5, 5.41) is 4.05. The number of hydrogen-bond donors (Lipinski definition) is 1. The molecule has 136 valence electrons. The summed E-state index contributed by atoms with van der Waals surface area (Å²) in [5.74, 6) is 0. The molecular formula is C16H24Cl3N3OS. The molecule has 0 fully saturated rings. The van der Waals surface area contributed by atoms with Crippen molar-refractivity contribution in [2.75, 3.05) is 6.54 Å². The minimum atomic E-state index is -1.12. The van der Waals surface area contributed by atoms with Gasteiger partial charge in [-0.05, 0) is 56.2 Å². The topological polar surface area (TPSA) is 52.9 Å². The number of benzene rings is 1. The van der Waals surface area contributed by atoms with E-state index in [1.165, 1.54) is 0 Å². The quantitative estimate of drug-likeness (QED) is 0.731.